The second-order valence-electron chi connectivity index (χ2n) is 5.68. The van der Waals surface area contributed by atoms with Crippen molar-refractivity contribution in [1.29, 1.82) is 0 Å². The number of carbonyl (C=O) groups excluding carboxylic acids is 2. The zero-order chi connectivity index (χ0) is 15.9. The Bertz CT molecular complexity index is 685. The number of benzene rings is 1. The molecule has 1 aliphatic heterocycles. The number of carbonyl (C=O) groups is 2. The topological polar surface area (TPSA) is 70.7 Å². The molecule has 3 rings (SSSR count). The SMILES string of the molecule is CN(C)Cc1ccc(C(=O)[C@H]2C/C2=C2\NOC(=O)N2)cc1Cl. The Labute approximate surface area is 133 Å². The van der Waals surface area contributed by atoms with Crippen molar-refractivity contribution in [1.82, 2.24) is 15.7 Å². The van der Waals surface area contributed by atoms with Gasteiger partial charge in [-0.1, -0.05) is 23.7 Å². The van der Waals surface area contributed by atoms with Gasteiger partial charge in [0.25, 0.3) is 0 Å². The number of nitrogens with one attached hydrogen (secondary N) is 2. The highest BCUT2D eigenvalue weighted by atomic mass is 35.5. The second-order valence-corrected chi connectivity index (χ2v) is 6.09. The number of ketones is 1. The predicted octanol–water partition coefficient (Wildman–Crippen LogP) is 2.06. The van der Waals surface area contributed by atoms with Crippen LogP contribution in [0.2, 0.25) is 5.02 Å². The van der Waals surface area contributed by atoms with E-state index < -0.39 is 6.09 Å². The first-order valence-electron chi connectivity index (χ1n) is 6.90. The minimum absolute atomic E-state index is 0.00347. The summed E-state index contributed by atoms with van der Waals surface area (Å²) >= 11 is 6.25. The molecule has 6 nitrogen and oxygen atoms in total. The van der Waals surface area contributed by atoms with Gasteiger partial charge in [0.15, 0.2) is 5.78 Å². The Morgan fingerprint density at radius 3 is 2.82 bits per heavy atom. The number of allylic oxidation sites excluding steroid dienone is 1. The fourth-order valence-electron chi connectivity index (χ4n) is 2.46. The number of Topliss-reactive ketones (excluding diaryl/α,β-unsaturated/α-hetero) is 1. The quantitative estimate of drug-likeness (QED) is 0.831. The molecule has 1 saturated heterocycles. The molecule has 116 valence electrons. The van der Waals surface area contributed by atoms with Crippen molar-refractivity contribution in [2.75, 3.05) is 14.1 Å². The van der Waals surface area contributed by atoms with E-state index >= 15 is 0 Å². The molecule has 1 atom stereocenters. The van der Waals surface area contributed by atoms with Crippen LogP contribution in [0.4, 0.5) is 4.79 Å². The Balaban J connectivity index is 1.74. The lowest BCUT2D eigenvalue weighted by Crippen LogP contribution is -2.13. The Kier molecular flexibility index (Phi) is 3.80. The van der Waals surface area contributed by atoms with Crippen molar-refractivity contribution >= 4 is 23.5 Å². The number of hydrogen-bond donors (Lipinski definition) is 2. The van der Waals surface area contributed by atoms with Gasteiger partial charge in [-0.2, -0.15) is 0 Å². The molecular weight excluding hydrogens is 306 g/mol. The van der Waals surface area contributed by atoms with Crippen LogP contribution in [-0.4, -0.2) is 30.9 Å². The fourth-order valence-corrected chi connectivity index (χ4v) is 2.70. The molecular formula is C15H16ClN3O3. The van der Waals surface area contributed by atoms with Crippen LogP contribution >= 0.6 is 11.6 Å². The van der Waals surface area contributed by atoms with Crippen molar-refractivity contribution in [3.8, 4) is 0 Å². The van der Waals surface area contributed by atoms with E-state index in [1.165, 1.54) is 0 Å². The molecule has 1 aliphatic carbocycles. The number of nitrogens with zero attached hydrogens (tertiary/aromatic N) is 1. The van der Waals surface area contributed by atoms with Crippen LogP contribution in [0.25, 0.3) is 0 Å². The van der Waals surface area contributed by atoms with Gasteiger partial charge in [0.1, 0.15) is 5.82 Å². The monoisotopic (exact) mass is 321 g/mol. The third kappa shape index (κ3) is 2.93. The molecule has 0 unspecified atom stereocenters. The third-order valence-electron chi connectivity index (χ3n) is 3.62. The predicted molar refractivity (Wildman–Crippen MR) is 81.1 cm³/mol. The summed E-state index contributed by atoms with van der Waals surface area (Å²) in [5.74, 6) is 0.266. The largest absolute Gasteiger partial charge is 0.437 e. The zero-order valence-corrected chi connectivity index (χ0v) is 13.0. The maximum atomic E-state index is 12.5. The number of hydroxylamine groups is 1. The summed E-state index contributed by atoms with van der Waals surface area (Å²) in [7, 11) is 3.92. The molecule has 1 aromatic carbocycles. The van der Waals surface area contributed by atoms with E-state index in [1.807, 2.05) is 25.1 Å². The molecule has 0 radical (unpaired) electrons. The molecule has 1 heterocycles. The lowest BCUT2D eigenvalue weighted by Gasteiger charge is -2.11. The van der Waals surface area contributed by atoms with E-state index in [-0.39, 0.29) is 11.7 Å². The van der Waals surface area contributed by atoms with Gasteiger partial charge in [0.2, 0.25) is 0 Å². The molecule has 1 aromatic rings. The minimum Gasteiger partial charge on any atom is -0.323 e. The van der Waals surface area contributed by atoms with E-state index in [4.69, 9.17) is 11.6 Å². The number of rotatable bonds is 4. The van der Waals surface area contributed by atoms with E-state index in [1.54, 1.807) is 12.1 Å². The number of amides is 1. The van der Waals surface area contributed by atoms with E-state index in [9.17, 15) is 9.59 Å². The Hall–Kier alpha value is -2.05. The summed E-state index contributed by atoms with van der Waals surface area (Å²) in [6.07, 6.45) is 0.0543. The van der Waals surface area contributed by atoms with E-state index in [0.717, 1.165) is 17.7 Å². The molecule has 2 fully saturated rings. The van der Waals surface area contributed by atoms with Gasteiger partial charge in [-0.25, -0.2) is 10.3 Å². The summed E-state index contributed by atoms with van der Waals surface area (Å²) in [6, 6.07) is 5.38. The van der Waals surface area contributed by atoms with E-state index in [2.05, 4.69) is 15.6 Å². The van der Waals surface area contributed by atoms with Crippen LogP contribution in [0.3, 0.4) is 0 Å². The number of halogens is 1. The maximum absolute atomic E-state index is 12.5. The molecule has 0 spiro atoms. The minimum atomic E-state index is -0.559. The highest BCUT2D eigenvalue weighted by Crippen LogP contribution is 2.42. The maximum Gasteiger partial charge on any atom is 0.437 e. The lowest BCUT2D eigenvalue weighted by molar-refractivity contribution is 0.0972. The van der Waals surface area contributed by atoms with Gasteiger partial charge in [-0.15, -0.1) is 0 Å². The van der Waals surface area contributed by atoms with Crippen molar-refractivity contribution in [3.05, 3.63) is 45.7 Å². The molecule has 1 saturated carbocycles. The highest BCUT2D eigenvalue weighted by Gasteiger charge is 2.42. The summed E-state index contributed by atoms with van der Waals surface area (Å²) in [4.78, 5) is 30.0. The van der Waals surface area contributed by atoms with Crippen molar-refractivity contribution < 1.29 is 14.4 Å². The summed E-state index contributed by atoms with van der Waals surface area (Å²) < 4.78 is 0. The Morgan fingerprint density at radius 2 is 2.23 bits per heavy atom. The van der Waals surface area contributed by atoms with Crippen molar-refractivity contribution in [2.24, 2.45) is 5.92 Å². The average molecular weight is 322 g/mol. The third-order valence-corrected chi connectivity index (χ3v) is 3.97. The molecule has 0 bridgehead atoms. The van der Waals surface area contributed by atoms with Crippen LogP contribution in [0.1, 0.15) is 22.3 Å². The second kappa shape index (κ2) is 5.62. The molecule has 2 N–H and O–H groups in total. The summed E-state index contributed by atoms with van der Waals surface area (Å²) in [6.45, 7) is 0.722. The van der Waals surface area contributed by atoms with Crippen LogP contribution in [0.15, 0.2) is 29.6 Å². The molecule has 2 aliphatic rings. The van der Waals surface area contributed by atoms with Crippen molar-refractivity contribution in [3.63, 3.8) is 0 Å². The van der Waals surface area contributed by atoms with Gasteiger partial charge in [-0.05, 0) is 37.7 Å². The number of hydrogen-bond acceptors (Lipinski definition) is 5. The summed E-state index contributed by atoms with van der Waals surface area (Å²) in [5, 5.41) is 3.11. The average Bonchev–Trinajstić information content (AvgIpc) is 3.15. The molecule has 0 aromatic heterocycles. The van der Waals surface area contributed by atoms with Crippen LogP contribution in [0.5, 0.6) is 0 Å². The van der Waals surface area contributed by atoms with Gasteiger partial charge in [0.05, 0.1) is 5.92 Å². The van der Waals surface area contributed by atoms with Crippen LogP contribution in [-0.2, 0) is 11.4 Å². The first-order valence-corrected chi connectivity index (χ1v) is 7.27. The summed E-state index contributed by atoms with van der Waals surface area (Å²) in [5.41, 5.74) is 4.90. The van der Waals surface area contributed by atoms with Gasteiger partial charge >= 0.3 is 6.09 Å². The van der Waals surface area contributed by atoms with Crippen LogP contribution < -0.4 is 10.8 Å². The van der Waals surface area contributed by atoms with Gasteiger partial charge < -0.3 is 9.74 Å². The lowest BCUT2D eigenvalue weighted by atomic mass is 10.0. The van der Waals surface area contributed by atoms with Crippen LogP contribution in [0, 0.1) is 5.92 Å². The molecule has 7 heteroatoms. The smallest absolute Gasteiger partial charge is 0.323 e. The fraction of sp³-hybridized carbons (Fsp3) is 0.333. The molecule has 22 heavy (non-hydrogen) atoms. The van der Waals surface area contributed by atoms with E-state index in [0.29, 0.717) is 22.8 Å². The zero-order valence-electron chi connectivity index (χ0n) is 12.3. The first kappa shape index (κ1) is 14.9. The standard InChI is InChI=1S/C15H16ClN3O3/c1-19(2)7-9-4-3-8(5-12(9)16)13(20)10-6-11(10)14-17-15(21)22-18-14/h3-5,10,18H,6-7H2,1-2H3,(H,17,21)/b14-11+/t10-/m0/s1. The highest BCUT2D eigenvalue weighted by molar-refractivity contribution is 6.31. The van der Waals surface area contributed by atoms with Crippen molar-refractivity contribution in [2.45, 2.75) is 13.0 Å². The Morgan fingerprint density at radius 1 is 1.45 bits per heavy atom. The first-order chi connectivity index (χ1) is 10.5. The van der Waals surface area contributed by atoms with Gasteiger partial charge in [0, 0.05) is 17.1 Å². The normalized spacial score (nSPS) is 23.1. The van der Waals surface area contributed by atoms with Gasteiger partial charge in [-0.3, -0.25) is 10.1 Å². The molecule has 1 amide bonds.